The molecule has 0 spiro atoms. The molecule has 0 saturated heterocycles. The molecule has 19 heteroatoms. The summed E-state index contributed by atoms with van der Waals surface area (Å²) in [4.78, 5) is 72.8. The van der Waals surface area contributed by atoms with Crippen LogP contribution in [0.4, 0.5) is 0 Å². The molecule has 3 unspecified atom stereocenters. The Morgan fingerprint density at radius 2 is 0.500 bits per heavy atom. The Balaban J connectivity index is 5.23. The number of hydrogen-bond donors (Lipinski definition) is 3. The lowest BCUT2D eigenvalue weighted by atomic mass is 9.99. The van der Waals surface area contributed by atoms with Crippen molar-refractivity contribution in [3.05, 3.63) is 0 Å². The molecule has 0 radical (unpaired) electrons. The maximum atomic E-state index is 13.1. The standard InChI is InChI=1S/C77H150O17P2/c1-9-70(8)56-48-40-31-25-19-12-10-11-13-20-26-32-41-49-57-74(79)87-63-72(93-77(82)60-52-44-34-28-22-16-18-24-30-38-46-54-68(4)5)65-91-95(83,84)89-61-71(78)62-90-96(85,86)92-66-73(64-88-75(80)58-50-42-36-35-39-47-55-69(6)7)94-76(81)59-51-43-33-27-21-15-14-17-23-29-37-45-53-67(2)3/h67-73,78H,9-66H2,1-8H3,(H,83,84)(H,85,86)/t70?,71-,72-,73-/m1/s1. The first-order valence-corrected chi connectivity index (χ1v) is 42.7. The zero-order valence-electron chi connectivity index (χ0n) is 63.0. The van der Waals surface area contributed by atoms with E-state index in [1.165, 1.54) is 186 Å². The average molecular weight is 1410 g/mol. The number of rotatable bonds is 74. The third kappa shape index (κ3) is 69.2. The van der Waals surface area contributed by atoms with Crippen molar-refractivity contribution in [2.75, 3.05) is 39.6 Å². The molecule has 0 saturated carbocycles. The topological polar surface area (TPSA) is 237 Å². The largest absolute Gasteiger partial charge is 0.472 e. The Morgan fingerprint density at radius 1 is 0.292 bits per heavy atom. The molecule has 0 aromatic heterocycles. The fourth-order valence-electron chi connectivity index (χ4n) is 11.7. The van der Waals surface area contributed by atoms with Gasteiger partial charge in [-0.1, -0.05) is 338 Å². The van der Waals surface area contributed by atoms with E-state index in [-0.39, 0.29) is 25.7 Å². The van der Waals surface area contributed by atoms with Gasteiger partial charge in [0, 0.05) is 25.7 Å². The summed E-state index contributed by atoms with van der Waals surface area (Å²) in [5.74, 6) is 0.950. The Labute approximate surface area is 588 Å². The molecular formula is C77H150O17P2. The number of esters is 4. The summed E-state index contributed by atoms with van der Waals surface area (Å²) in [6.07, 6.45) is 51.4. The van der Waals surface area contributed by atoms with Crippen LogP contribution in [0, 0.1) is 23.7 Å². The van der Waals surface area contributed by atoms with Crippen LogP contribution in [0.25, 0.3) is 0 Å². The van der Waals surface area contributed by atoms with Crippen LogP contribution in [0.3, 0.4) is 0 Å². The fraction of sp³-hybridized carbons (Fsp3) is 0.948. The third-order valence-electron chi connectivity index (χ3n) is 18.2. The molecule has 0 amide bonds. The lowest BCUT2D eigenvalue weighted by molar-refractivity contribution is -0.161. The van der Waals surface area contributed by atoms with Gasteiger partial charge in [0.25, 0.3) is 0 Å². The van der Waals surface area contributed by atoms with Gasteiger partial charge in [0.2, 0.25) is 0 Å². The third-order valence-corrected chi connectivity index (χ3v) is 20.1. The molecule has 0 aliphatic heterocycles. The lowest BCUT2D eigenvalue weighted by Gasteiger charge is -2.21. The molecule has 96 heavy (non-hydrogen) atoms. The highest BCUT2D eigenvalue weighted by atomic mass is 31.2. The van der Waals surface area contributed by atoms with Gasteiger partial charge < -0.3 is 33.8 Å². The predicted molar refractivity (Wildman–Crippen MR) is 391 cm³/mol. The number of ether oxygens (including phenoxy) is 4. The number of hydrogen-bond acceptors (Lipinski definition) is 15. The first-order valence-electron chi connectivity index (χ1n) is 39.7. The summed E-state index contributed by atoms with van der Waals surface area (Å²) >= 11 is 0. The predicted octanol–water partition coefficient (Wildman–Crippen LogP) is 22.4. The number of aliphatic hydroxyl groups is 1. The molecule has 0 heterocycles. The second-order valence-corrected chi connectivity index (χ2v) is 32.3. The Bertz CT molecular complexity index is 1890. The first kappa shape index (κ1) is 94.1. The number of carbonyl (C=O) groups is 4. The van der Waals surface area contributed by atoms with Crippen LogP contribution in [0.5, 0.6) is 0 Å². The van der Waals surface area contributed by atoms with Crippen molar-refractivity contribution in [2.45, 2.75) is 408 Å². The fourth-order valence-corrected chi connectivity index (χ4v) is 13.3. The van der Waals surface area contributed by atoms with Crippen molar-refractivity contribution in [2.24, 2.45) is 23.7 Å². The number of phosphoric acid groups is 2. The minimum absolute atomic E-state index is 0.105. The molecule has 570 valence electrons. The number of aliphatic hydroxyl groups excluding tert-OH is 1. The van der Waals surface area contributed by atoms with Crippen LogP contribution >= 0.6 is 15.6 Å². The monoisotopic (exact) mass is 1410 g/mol. The van der Waals surface area contributed by atoms with Crippen LogP contribution < -0.4 is 0 Å². The van der Waals surface area contributed by atoms with Gasteiger partial charge in [-0.05, 0) is 49.4 Å². The van der Waals surface area contributed by atoms with E-state index < -0.39 is 97.5 Å². The average Bonchev–Trinajstić information content (AvgIpc) is 3.73. The van der Waals surface area contributed by atoms with Crippen molar-refractivity contribution >= 4 is 39.5 Å². The second-order valence-electron chi connectivity index (χ2n) is 29.4. The van der Waals surface area contributed by atoms with E-state index in [0.29, 0.717) is 31.6 Å². The molecule has 0 aliphatic carbocycles. The summed E-state index contributed by atoms with van der Waals surface area (Å²) in [7, 11) is -9.91. The van der Waals surface area contributed by atoms with Crippen molar-refractivity contribution in [3.8, 4) is 0 Å². The summed E-state index contributed by atoms with van der Waals surface area (Å²) in [6, 6.07) is 0. The van der Waals surface area contributed by atoms with Gasteiger partial charge in [-0.2, -0.15) is 0 Å². The van der Waals surface area contributed by atoms with Crippen molar-refractivity contribution in [3.63, 3.8) is 0 Å². The molecule has 17 nitrogen and oxygen atoms in total. The molecular weight excluding hydrogens is 1260 g/mol. The second kappa shape index (κ2) is 66.3. The van der Waals surface area contributed by atoms with Crippen LogP contribution in [0.1, 0.15) is 389 Å². The van der Waals surface area contributed by atoms with E-state index in [4.69, 9.17) is 37.0 Å². The van der Waals surface area contributed by atoms with Crippen LogP contribution in [0.2, 0.25) is 0 Å². The van der Waals surface area contributed by atoms with E-state index in [2.05, 4.69) is 55.4 Å². The quantitative estimate of drug-likeness (QED) is 0.0222. The van der Waals surface area contributed by atoms with Gasteiger partial charge in [-0.3, -0.25) is 37.3 Å². The number of carbonyl (C=O) groups excluding carboxylic acids is 4. The molecule has 0 rings (SSSR count). The van der Waals surface area contributed by atoms with E-state index >= 15 is 0 Å². The van der Waals surface area contributed by atoms with Crippen LogP contribution in [0.15, 0.2) is 0 Å². The summed E-state index contributed by atoms with van der Waals surface area (Å²) < 4.78 is 68.5. The Morgan fingerprint density at radius 3 is 0.740 bits per heavy atom. The smallest absolute Gasteiger partial charge is 0.462 e. The molecule has 6 atom stereocenters. The Hall–Kier alpha value is -1.94. The molecule has 0 fully saturated rings. The highest BCUT2D eigenvalue weighted by molar-refractivity contribution is 7.47. The zero-order chi connectivity index (χ0) is 71.0. The van der Waals surface area contributed by atoms with Crippen molar-refractivity contribution < 1.29 is 80.2 Å². The molecule has 0 aromatic carbocycles. The van der Waals surface area contributed by atoms with Gasteiger partial charge in [0.05, 0.1) is 26.4 Å². The van der Waals surface area contributed by atoms with E-state index in [9.17, 15) is 43.2 Å². The zero-order valence-corrected chi connectivity index (χ0v) is 64.8. The van der Waals surface area contributed by atoms with Gasteiger partial charge in [-0.15, -0.1) is 0 Å². The molecule has 0 bridgehead atoms. The van der Waals surface area contributed by atoms with E-state index in [0.717, 1.165) is 114 Å². The Kier molecular flexibility index (Phi) is 65.0. The number of phosphoric ester groups is 2. The molecule has 3 N–H and O–H groups in total. The van der Waals surface area contributed by atoms with Crippen molar-refractivity contribution in [1.82, 2.24) is 0 Å². The maximum absolute atomic E-state index is 13.1. The molecule has 0 aromatic rings. The molecule has 0 aliphatic rings. The van der Waals surface area contributed by atoms with Gasteiger partial charge in [-0.25, -0.2) is 9.13 Å². The van der Waals surface area contributed by atoms with E-state index in [1.807, 2.05) is 0 Å². The maximum Gasteiger partial charge on any atom is 0.472 e. The summed E-state index contributed by atoms with van der Waals surface area (Å²) in [6.45, 7) is 14.2. The van der Waals surface area contributed by atoms with E-state index in [1.54, 1.807) is 0 Å². The number of unbranched alkanes of at least 4 members (excludes halogenated alkanes) is 39. The highest BCUT2D eigenvalue weighted by Crippen LogP contribution is 2.45. The normalized spacial score (nSPS) is 14.4. The minimum Gasteiger partial charge on any atom is -0.462 e. The van der Waals surface area contributed by atoms with Gasteiger partial charge in [0.15, 0.2) is 12.2 Å². The van der Waals surface area contributed by atoms with Crippen molar-refractivity contribution in [1.29, 1.82) is 0 Å². The summed E-state index contributed by atoms with van der Waals surface area (Å²) in [5.41, 5.74) is 0. The van der Waals surface area contributed by atoms with Crippen LogP contribution in [-0.4, -0.2) is 96.7 Å². The van der Waals surface area contributed by atoms with Gasteiger partial charge >= 0.3 is 39.5 Å². The first-order chi connectivity index (χ1) is 46.1. The summed E-state index contributed by atoms with van der Waals surface area (Å²) in [5, 5.41) is 10.6. The van der Waals surface area contributed by atoms with Crippen LogP contribution in [-0.2, 0) is 65.4 Å². The lowest BCUT2D eigenvalue weighted by Crippen LogP contribution is -2.30. The highest BCUT2D eigenvalue weighted by Gasteiger charge is 2.30. The SMILES string of the molecule is CCC(C)CCCCCCCCCCCCCCCCC(=O)OC[C@H](COP(=O)(O)OC[C@@H](O)COP(=O)(O)OC[C@@H](COC(=O)CCCCCCCCC(C)C)OC(=O)CCCCCCCCCCCCCCC(C)C)OC(=O)CCCCCCCCCCCCCC(C)C. The van der Waals surface area contributed by atoms with Gasteiger partial charge in [0.1, 0.15) is 19.3 Å². The minimum atomic E-state index is -4.96.